The molecule has 30 heavy (non-hydrogen) atoms. The molecular formula is C23H28N6O. The molecule has 2 aromatic carbocycles. The minimum absolute atomic E-state index is 0.0377. The van der Waals surface area contributed by atoms with E-state index in [1.807, 2.05) is 10.7 Å². The summed E-state index contributed by atoms with van der Waals surface area (Å²) in [4.78, 5) is 13.7. The lowest BCUT2D eigenvalue weighted by Gasteiger charge is -2.38. The molecule has 3 aromatic rings. The van der Waals surface area contributed by atoms with E-state index in [0.29, 0.717) is 12.5 Å². The fraction of sp³-hybridized carbons (Fsp3) is 0.391. The van der Waals surface area contributed by atoms with E-state index in [-0.39, 0.29) is 11.9 Å². The van der Waals surface area contributed by atoms with Crippen molar-refractivity contribution in [2.24, 2.45) is 5.92 Å². The molecular weight excluding hydrogens is 376 g/mol. The molecule has 1 saturated heterocycles. The van der Waals surface area contributed by atoms with Crippen molar-refractivity contribution in [1.82, 2.24) is 25.5 Å². The summed E-state index contributed by atoms with van der Waals surface area (Å²) in [6.07, 6.45) is 1.90. The van der Waals surface area contributed by atoms with E-state index in [1.165, 1.54) is 11.1 Å². The molecule has 1 aromatic heterocycles. The van der Waals surface area contributed by atoms with Crippen LogP contribution in [0.3, 0.4) is 0 Å². The number of nitrogens with one attached hydrogen (secondary N) is 1. The van der Waals surface area contributed by atoms with Crippen LogP contribution in [0.2, 0.25) is 0 Å². The number of benzene rings is 2. The molecule has 1 N–H and O–H groups in total. The summed E-state index contributed by atoms with van der Waals surface area (Å²) in [6.45, 7) is 6.05. The highest BCUT2D eigenvalue weighted by molar-refractivity contribution is 5.73. The van der Waals surface area contributed by atoms with E-state index in [9.17, 15) is 4.79 Å². The summed E-state index contributed by atoms with van der Waals surface area (Å²) in [6, 6.07) is 19.1. The normalized spacial score (nSPS) is 18.9. The maximum atomic E-state index is 11.5. The van der Waals surface area contributed by atoms with Crippen molar-refractivity contribution in [3.8, 4) is 11.1 Å². The number of tetrazole rings is 1. The number of amides is 1. The first kappa shape index (κ1) is 20.1. The highest BCUT2D eigenvalue weighted by atomic mass is 16.1. The zero-order chi connectivity index (χ0) is 20.9. The summed E-state index contributed by atoms with van der Waals surface area (Å²) in [7, 11) is 0. The van der Waals surface area contributed by atoms with Crippen LogP contribution in [0.5, 0.6) is 0 Å². The molecule has 2 heterocycles. The lowest BCUT2D eigenvalue weighted by Crippen LogP contribution is -2.51. The molecule has 4 rings (SSSR count). The molecule has 0 bridgehead atoms. The second-order valence-corrected chi connectivity index (χ2v) is 7.91. The van der Waals surface area contributed by atoms with Crippen LogP contribution in [0.1, 0.15) is 32.3 Å². The van der Waals surface area contributed by atoms with Crippen molar-refractivity contribution >= 4 is 11.9 Å². The summed E-state index contributed by atoms with van der Waals surface area (Å²) in [5.41, 5.74) is 3.56. The molecule has 156 valence electrons. The van der Waals surface area contributed by atoms with Gasteiger partial charge < -0.3 is 10.2 Å². The van der Waals surface area contributed by atoms with Gasteiger partial charge in [0.2, 0.25) is 11.9 Å². The molecule has 1 fully saturated rings. The summed E-state index contributed by atoms with van der Waals surface area (Å²) in [5.74, 6) is 1.22. The van der Waals surface area contributed by atoms with Gasteiger partial charge in [0.05, 0.1) is 6.54 Å². The summed E-state index contributed by atoms with van der Waals surface area (Å²) < 4.78 is 1.86. The van der Waals surface area contributed by atoms with Crippen LogP contribution < -0.4 is 10.2 Å². The third-order valence-electron chi connectivity index (χ3n) is 5.84. The topological polar surface area (TPSA) is 75.9 Å². The quantitative estimate of drug-likeness (QED) is 0.683. The van der Waals surface area contributed by atoms with Crippen LogP contribution in [0.25, 0.3) is 11.1 Å². The predicted molar refractivity (Wildman–Crippen MR) is 117 cm³/mol. The number of nitrogens with zero attached hydrogens (tertiary/aromatic N) is 5. The Morgan fingerprint density at radius 2 is 1.83 bits per heavy atom. The van der Waals surface area contributed by atoms with Crippen molar-refractivity contribution in [2.75, 3.05) is 18.0 Å². The molecule has 0 unspecified atom stereocenters. The van der Waals surface area contributed by atoms with Crippen LogP contribution in [0.15, 0.2) is 54.6 Å². The molecule has 0 aliphatic carbocycles. The monoisotopic (exact) mass is 404 g/mol. The number of piperidine rings is 1. The number of anilines is 1. The van der Waals surface area contributed by atoms with Crippen molar-refractivity contribution < 1.29 is 4.79 Å². The predicted octanol–water partition coefficient (Wildman–Crippen LogP) is 3.13. The largest absolute Gasteiger partial charge is 0.353 e. The second-order valence-electron chi connectivity index (χ2n) is 7.91. The Balaban J connectivity index is 1.45. The molecule has 1 aliphatic rings. The molecule has 0 radical (unpaired) electrons. The molecule has 7 heteroatoms. The minimum Gasteiger partial charge on any atom is -0.353 e. The van der Waals surface area contributed by atoms with E-state index in [1.54, 1.807) is 6.92 Å². The smallest absolute Gasteiger partial charge is 0.245 e. The van der Waals surface area contributed by atoms with Crippen molar-refractivity contribution in [2.45, 2.75) is 39.3 Å². The highest BCUT2D eigenvalue weighted by Crippen LogP contribution is 2.25. The van der Waals surface area contributed by atoms with Gasteiger partial charge in [0.25, 0.3) is 0 Å². The average molecular weight is 405 g/mol. The highest BCUT2D eigenvalue weighted by Gasteiger charge is 2.30. The van der Waals surface area contributed by atoms with Gasteiger partial charge in [-0.25, -0.2) is 4.68 Å². The standard InChI is InChI=1S/C23H28N6O/c1-3-19-16-28(14-13-22(19)24-17(2)30)23-25-26-27-29(23)15-18-9-11-21(12-10-18)20-7-5-4-6-8-20/h4-12,19,22H,3,13-16H2,1-2H3,(H,24,30)/t19-,22+/m1/s1. The second kappa shape index (κ2) is 9.07. The molecule has 7 nitrogen and oxygen atoms in total. The van der Waals surface area contributed by atoms with Gasteiger partial charge in [-0.05, 0) is 45.9 Å². The average Bonchev–Trinajstić information content (AvgIpc) is 3.23. The van der Waals surface area contributed by atoms with Crippen molar-refractivity contribution in [3.05, 3.63) is 60.2 Å². The molecule has 0 saturated carbocycles. The number of hydrogen-bond acceptors (Lipinski definition) is 5. The zero-order valence-corrected chi connectivity index (χ0v) is 17.5. The van der Waals surface area contributed by atoms with E-state index in [0.717, 1.165) is 37.4 Å². The lowest BCUT2D eigenvalue weighted by atomic mass is 9.90. The molecule has 1 aliphatic heterocycles. The van der Waals surface area contributed by atoms with Crippen molar-refractivity contribution in [1.29, 1.82) is 0 Å². The number of aromatic nitrogens is 4. The number of carbonyl (C=O) groups is 1. The third-order valence-corrected chi connectivity index (χ3v) is 5.84. The Morgan fingerprint density at radius 3 is 2.53 bits per heavy atom. The van der Waals surface area contributed by atoms with Gasteiger partial charge in [0.15, 0.2) is 0 Å². The Labute approximate surface area is 177 Å². The molecule has 0 spiro atoms. The van der Waals surface area contributed by atoms with Crippen LogP contribution in [0, 0.1) is 5.92 Å². The fourth-order valence-electron chi connectivity index (χ4n) is 4.21. The zero-order valence-electron chi connectivity index (χ0n) is 17.5. The van der Waals surface area contributed by atoms with Crippen LogP contribution in [-0.4, -0.2) is 45.2 Å². The van der Waals surface area contributed by atoms with Gasteiger partial charge >= 0.3 is 0 Å². The first-order valence-electron chi connectivity index (χ1n) is 10.6. The van der Waals surface area contributed by atoms with Crippen molar-refractivity contribution in [3.63, 3.8) is 0 Å². The van der Waals surface area contributed by atoms with Gasteiger partial charge in [0, 0.05) is 26.1 Å². The fourth-order valence-corrected chi connectivity index (χ4v) is 4.21. The van der Waals surface area contributed by atoms with E-state index in [4.69, 9.17) is 0 Å². The minimum atomic E-state index is 0.0377. The van der Waals surface area contributed by atoms with Crippen LogP contribution in [-0.2, 0) is 11.3 Å². The summed E-state index contributed by atoms with van der Waals surface area (Å²) >= 11 is 0. The molecule has 2 atom stereocenters. The first-order valence-corrected chi connectivity index (χ1v) is 10.6. The van der Waals surface area contributed by atoms with Crippen LogP contribution in [0.4, 0.5) is 5.95 Å². The molecule has 1 amide bonds. The lowest BCUT2D eigenvalue weighted by molar-refractivity contribution is -0.120. The Bertz CT molecular complexity index is 969. The van der Waals surface area contributed by atoms with E-state index < -0.39 is 0 Å². The van der Waals surface area contributed by atoms with Gasteiger partial charge in [-0.15, -0.1) is 0 Å². The number of carbonyl (C=O) groups excluding carboxylic acids is 1. The first-order chi connectivity index (χ1) is 14.6. The number of hydrogen-bond donors (Lipinski definition) is 1. The SMILES string of the molecule is CC[C@@H]1CN(c2nnnn2Cc2ccc(-c3ccccc3)cc2)CC[C@@H]1NC(C)=O. The van der Waals surface area contributed by atoms with Gasteiger partial charge in [-0.1, -0.05) is 66.6 Å². The Hall–Kier alpha value is -3.22. The van der Waals surface area contributed by atoms with Gasteiger partial charge in [-0.3, -0.25) is 4.79 Å². The Morgan fingerprint density at radius 1 is 1.10 bits per heavy atom. The third kappa shape index (κ3) is 4.50. The van der Waals surface area contributed by atoms with Gasteiger partial charge in [0.1, 0.15) is 0 Å². The maximum absolute atomic E-state index is 11.5. The van der Waals surface area contributed by atoms with E-state index in [2.05, 4.69) is 81.2 Å². The number of rotatable bonds is 6. The van der Waals surface area contributed by atoms with E-state index >= 15 is 0 Å². The van der Waals surface area contributed by atoms with Crippen LogP contribution >= 0.6 is 0 Å². The Kier molecular flexibility index (Phi) is 6.07. The van der Waals surface area contributed by atoms with Gasteiger partial charge in [-0.2, -0.15) is 0 Å². The maximum Gasteiger partial charge on any atom is 0.245 e. The summed E-state index contributed by atoms with van der Waals surface area (Å²) in [5, 5.41) is 15.6.